The zero-order chi connectivity index (χ0) is 48.3. The Morgan fingerprint density at radius 3 is 1.55 bits per heavy atom. The van der Waals surface area contributed by atoms with E-state index in [2.05, 4.69) is 278 Å². The van der Waals surface area contributed by atoms with Crippen molar-refractivity contribution in [1.29, 1.82) is 0 Å². The van der Waals surface area contributed by atoms with Gasteiger partial charge in [-0.1, -0.05) is 243 Å². The van der Waals surface area contributed by atoms with E-state index in [9.17, 15) is 0 Å². The van der Waals surface area contributed by atoms with E-state index in [1.165, 1.54) is 66.6 Å². The van der Waals surface area contributed by atoms with Gasteiger partial charge in [0.25, 0.3) is 0 Å². The Kier molecular flexibility index (Phi) is 10.1. The lowest BCUT2D eigenvalue weighted by Crippen LogP contribution is -2.28. The highest BCUT2D eigenvalue weighted by Crippen LogP contribution is 2.59. The Bertz CT molecular complexity index is 4130. The largest absolute Gasteiger partial charge is 0.456 e. The van der Waals surface area contributed by atoms with Gasteiger partial charge in [0.05, 0.1) is 16.8 Å². The zero-order valence-electron chi connectivity index (χ0n) is 40.0. The van der Waals surface area contributed by atoms with Crippen LogP contribution in [0.1, 0.15) is 22.3 Å². The van der Waals surface area contributed by atoms with Crippen LogP contribution in [0.2, 0.25) is 0 Å². The van der Waals surface area contributed by atoms with Crippen molar-refractivity contribution in [2.75, 3.05) is 4.90 Å². The minimum atomic E-state index is -0.522. The van der Waals surface area contributed by atoms with E-state index in [0.717, 1.165) is 61.1 Å². The number of rotatable bonds is 9. The van der Waals surface area contributed by atoms with Crippen LogP contribution in [-0.2, 0) is 5.41 Å². The Balaban J connectivity index is 0.969. The second-order valence-electron chi connectivity index (χ2n) is 19.1. The van der Waals surface area contributed by atoms with Crippen molar-refractivity contribution in [3.63, 3.8) is 0 Å². The maximum absolute atomic E-state index is 6.36. The summed E-state index contributed by atoms with van der Waals surface area (Å²) in [7, 11) is 0. The molecule has 1 aromatic heterocycles. The summed E-state index contributed by atoms with van der Waals surface area (Å²) in [6, 6.07) is 104. The molecule has 0 bridgehead atoms. The molecule has 1 aliphatic carbocycles. The molecule has 0 atom stereocenters. The smallest absolute Gasteiger partial charge is 0.136 e. The van der Waals surface area contributed by atoms with Gasteiger partial charge in [-0.25, -0.2) is 0 Å². The Morgan fingerprint density at radius 1 is 0.274 bits per heavy atom. The van der Waals surface area contributed by atoms with Crippen molar-refractivity contribution in [1.82, 2.24) is 0 Å². The molecule has 14 rings (SSSR count). The molecule has 0 aliphatic heterocycles. The van der Waals surface area contributed by atoms with Crippen LogP contribution in [0.5, 0.6) is 0 Å². The maximum atomic E-state index is 6.36. The third kappa shape index (κ3) is 6.87. The van der Waals surface area contributed by atoms with Crippen LogP contribution in [-0.4, -0.2) is 0 Å². The van der Waals surface area contributed by atoms with E-state index in [1.54, 1.807) is 0 Å². The first-order valence-corrected chi connectivity index (χ1v) is 25.2. The number of anilines is 3. The summed E-state index contributed by atoms with van der Waals surface area (Å²) in [6.07, 6.45) is 0. The Hall–Kier alpha value is -9.50. The molecule has 0 saturated carbocycles. The molecule has 0 spiro atoms. The quantitative estimate of drug-likeness (QED) is 0.143. The fourth-order valence-electron chi connectivity index (χ4n) is 11.9. The molecule has 342 valence electrons. The summed E-state index contributed by atoms with van der Waals surface area (Å²) < 4.78 is 6.36. The first-order valence-electron chi connectivity index (χ1n) is 25.2. The lowest BCUT2D eigenvalue weighted by molar-refractivity contribution is 0.669. The average Bonchev–Trinajstić information content (AvgIpc) is 4.00. The highest BCUT2D eigenvalue weighted by atomic mass is 16.3. The molecular weight excluding hydrogens is 883 g/mol. The number of benzene rings is 12. The third-order valence-electron chi connectivity index (χ3n) is 15.2. The van der Waals surface area contributed by atoms with Crippen LogP contribution >= 0.6 is 0 Å². The monoisotopic (exact) mass is 929 g/mol. The van der Waals surface area contributed by atoms with Crippen molar-refractivity contribution in [3.05, 3.63) is 307 Å². The SMILES string of the molecule is c1ccc(-c2ccc(-c3ccc(N(c4ccc(-c5ccc6c(c5)oc5ccccc56)cc4)c4ccccc4-c4cccc5c4-c4ccccc4C5(c4ccccc4)c4ccccc4)c4ccccc34)cc2)cc1. The van der Waals surface area contributed by atoms with E-state index in [-0.39, 0.29) is 0 Å². The topological polar surface area (TPSA) is 16.4 Å². The molecule has 1 heterocycles. The van der Waals surface area contributed by atoms with Gasteiger partial charge in [0.2, 0.25) is 0 Å². The van der Waals surface area contributed by atoms with Crippen molar-refractivity contribution in [2.45, 2.75) is 5.41 Å². The number of furan rings is 1. The molecule has 0 fully saturated rings. The van der Waals surface area contributed by atoms with Crippen LogP contribution in [0, 0.1) is 0 Å². The van der Waals surface area contributed by atoms with Crippen LogP contribution in [0.15, 0.2) is 290 Å². The molecule has 73 heavy (non-hydrogen) atoms. The van der Waals surface area contributed by atoms with E-state index < -0.39 is 5.41 Å². The molecule has 1 aliphatic rings. The number of hydrogen-bond donors (Lipinski definition) is 0. The minimum Gasteiger partial charge on any atom is -0.456 e. The van der Waals surface area contributed by atoms with Crippen molar-refractivity contribution < 1.29 is 4.42 Å². The van der Waals surface area contributed by atoms with Crippen molar-refractivity contribution in [2.24, 2.45) is 0 Å². The zero-order valence-corrected chi connectivity index (χ0v) is 40.0. The molecular formula is C71H47NO. The maximum Gasteiger partial charge on any atom is 0.136 e. The third-order valence-corrected chi connectivity index (χ3v) is 15.2. The summed E-state index contributed by atoms with van der Waals surface area (Å²) in [5, 5.41) is 4.61. The average molecular weight is 930 g/mol. The lowest BCUT2D eigenvalue weighted by Gasteiger charge is -2.34. The van der Waals surface area contributed by atoms with Crippen LogP contribution < -0.4 is 4.90 Å². The second-order valence-corrected chi connectivity index (χ2v) is 19.1. The summed E-state index contributed by atoms with van der Waals surface area (Å²) in [5.74, 6) is 0. The van der Waals surface area contributed by atoms with Crippen molar-refractivity contribution in [3.8, 4) is 55.6 Å². The molecule has 0 N–H and O–H groups in total. The van der Waals surface area contributed by atoms with Gasteiger partial charge in [0, 0.05) is 27.4 Å². The summed E-state index contributed by atoms with van der Waals surface area (Å²) in [6.45, 7) is 0. The minimum absolute atomic E-state index is 0.522. The Labute approximate surface area is 425 Å². The highest BCUT2D eigenvalue weighted by molar-refractivity contribution is 6.09. The number of hydrogen-bond acceptors (Lipinski definition) is 2. The van der Waals surface area contributed by atoms with Gasteiger partial charge < -0.3 is 9.32 Å². The standard InChI is InChI=1S/C71H47NO/c1-4-19-48(20-5-1)49-35-37-51(38-36-49)56-45-46-67(58-26-11-10-25-57(56)58)72(55-42-39-50(40-43-55)52-41-44-61-60-28-14-17-34-68(60)73-69(61)47-52)66-33-16-13-27-59(66)62-30-18-32-65-70(62)63-29-12-15-31-64(63)71(65,53-21-6-2-7-22-53)54-23-8-3-9-24-54/h1-47H. The normalized spacial score (nSPS) is 12.5. The molecule has 0 unspecified atom stereocenters. The summed E-state index contributed by atoms with van der Waals surface area (Å²) >= 11 is 0. The van der Waals surface area contributed by atoms with Gasteiger partial charge in [0.1, 0.15) is 11.2 Å². The fourth-order valence-corrected chi connectivity index (χ4v) is 11.9. The second kappa shape index (κ2) is 17.4. The first kappa shape index (κ1) is 42.4. The van der Waals surface area contributed by atoms with E-state index in [0.29, 0.717) is 0 Å². The van der Waals surface area contributed by atoms with Crippen LogP contribution in [0.3, 0.4) is 0 Å². The number of nitrogens with zero attached hydrogens (tertiary/aromatic N) is 1. The van der Waals surface area contributed by atoms with Gasteiger partial charge in [-0.3, -0.25) is 0 Å². The van der Waals surface area contributed by atoms with Crippen LogP contribution in [0.4, 0.5) is 17.1 Å². The summed E-state index contributed by atoms with van der Waals surface area (Å²) in [5.41, 5.74) is 21.4. The lowest BCUT2D eigenvalue weighted by atomic mass is 9.67. The fraction of sp³-hybridized carbons (Fsp3) is 0.0141. The van der Waals surface area contributed by atoms with E-state index >= 15 is 0 Å². The molecule has 2 nitrogen and oxygen atoms in total. The van der Waals surface area contributed by atoms with Gasteiger partial charge in [-0.2, -0.15) is 0 Å². The Morgan fingerprint density at radius 2 is 0.795 bits per heavy atom. The van der Waals surface area contributed by atoms with Crippen molar-refractivity contribution >= 4 is 49.8 Å². The number of para-hydroxylation sites is 2. The molecule has 2 heteroatoms. The predicted molar refractivity (Wildman–Crippen MR) is 305 cm³/mol. The predicted octanol–water partition coefficient (Wildman–Crippen LogP) is 19.2. The highest BCUT2D eigenvalue weighted by Gasteiger charge is 2.47. The van der Waals surface area contributed by atoms with E-state index in [4.69, 9.17) is 4.42 Å². The van der Waals surface area contributed by atoms with Crippen LogP contribution in [0.25, 0.3) is 88.3 Å². The molecule has 13 aromatic rings. The van der Waals surface area contributed by atoms with Gasteiger partial charge >= 0.3 is 0 Å². The molecule has 0 amide bonds. The van der Waals surface area contributed by atoms with Gasteiger partial charge in [-0.15, -0.1) is 0 Å². The first-order chi connectivity index (χ1) is 36.2. The van der Waals surface area contributed by atoms with Gasteiger partial charge in [0.15, 0.2) is 0 Å². The molecule has 0 saturated heterocycles. The molecule has 12 aromatic carbocycles. The van der Waals surface area contributed by atoms with E-state index in [1.807, 2.05) is 12.1 Å². The van der Waals surface area contributed by atoms with Gasteiger partial charge in [-0.05, 0) is 120 Å². The number of fused-ring (bicyclic) bond motifs is 7. The summed E-state index contributed by atoms with van der Waals surface area (Å²) in [4.78, 5) is 2.48. The molecule has 0 radical (unpaired) electrons.